The Morgan fingerprint density at radius 3 is 2.70 bits per heavy atom. The third kappa shape index (κ3) is 8.14. The van der Waals surface area contributed by atoms with Crippen molar-refractivity contribution in [1.29, 1.82) is 0 Å². The Balaban J connectivity index is 1.79. The molecule has 3 rings (SSSR count). The van der Waals surface area contributed by atoms with Gasteiger partial charge in [-0.2, -0.15) is 13.2 Å². The van der Waals surface area contributed by atoms with E-state index in [2.05, 4.69) is 10.3 Å². The van der Waals surface area contributed by atoms with E-state index in [1.165, 1.54) is 29.1 Å². The van der Waals surface area contributed by atoms with Crippen molar-refractivity contribution < 1.29 is 36.6 Å². The zero-order chi connectivity index (χ0) is 26.8. The number of hydrogen-bond acceptors (Lipinski definition) is 6. The first-order valence-electron chi connectivity index (χ1n) is 12.1. The average Bonchev–Trinajstić information content (AvgIpc) is 3.54. The maximum Gasteiger partial charge on any atom is 0.405 e. The fourth-order valence-electron chi connectivity index (χ4n) is 4.07. The molecule has 0 bridgehead atoms. The number of unbranched alkanes of at least 4 members (excludes halogenated alkanes) is 3. The average molecular weight is 530 g/mol. The molecular weight excluding hydrogens is 498 g/mol. The Morgan fingerprint density at radius 2 is 1.97 bits per heavy atom. The second kappa shape index (κ2) is 13.4. The van der Waals surface area contributed by atoms with Crippen molar-refractivity contribution in [1.82, 2.24) is 25.2 Å². The summed E-state index contributed by atoms with van der Waals surface area (Å²) in [4.78, 5) is 27.0. The Bertz CT molecular complexity index is 1050. The molecule has 0 aliphatic carbocycles. The topological polar surface area (TPSA) is 98.6 Å². The van der Waals surface area contributed by atoms with Gasteiger partial charge in [-0.3, -0.25) is 14.0 Å². The van der Waals surface area contributed by atoms with Gasteiger partial charge in [-0.05, 0) is 50.3 Å². The van der Waals surface area contributed by atoms with Gasteiger partial charge >= 0.3 is 6.18 Å². The summed E-state index contributed by atoms with van der Waals surface area (Å²) in [6, 6.07) is 4.08. The monoisotopic (exact) mass is 529 g/mol. The van der Waals surface area contributed by atoms with E-state index in [4.69, 9.17) is 9.47 Å². The van der Waals surface area contributed by atoms with Crippen LogP contribution in [0, 0.1) is 0 Å². The highest BCUT2D eigenvalue weighted by molar-refractivity contribution is 5.95. The molecule has 1 aromatic heterocycles. The number of likely N-dealkylation sites (tertiary alicyclic amines) is 1. The molecule has 0 spiro atoms. The predicted molar refractivity (Wildman–Crippen MR) is 126 cm³/mol. The van der Waals surface area contributed by atoms with Gasteiger partial charge in [-0.15, -0.1) is 5.10 Å². The van der Waals surface area contributed by atoms with E-state index in [0.717, 1.165) is 19.3 Å². The zero-order valence-electron chi connectivity index (χ0n) is 20.6. The molecule has 1 aromatic carbocycles. The number of carbonyl (C=O) groups excluding carboxylic acids is 2. The van der Waals surface area contributed by atoms with E-state index >= 15 is 0 Å². The zero-order valence-corrected chi connectivity index (χ0v) is 20.6. The number of halogens is 4. The van der Waals surface area contributed by atoms with E-state index in [1.807, 2.05) is 5.32 Å². The maximum absolute atomic E-state index is 13.0. The first-order chi connectivity index (χ1) is 17.7. The van der Waals surface area contributed by atoms with Crippen LogP contribution in [0.1, 0.15) is 59.4 Å². The molecule has 2 aromatic rings. The molecule has 2 amide bonds. The minimum atomic E-state index is -4.55. The van der Waals surface area contributed by atoms with Gasteiger partial charge in [0, 0.05) is 19.2 Å². The van der Waals surface area contributed by atoms with E-state index in [0.29, 0.717) is 38.1 Å². The lowest BCUT2D eigenvalue weighted by molar-refractivity contribution is -0.123. The molecule has 1 aliphatic rings. The van der Waals surface area contributed by atoms with Crippen molar-refractivity contribution in [2.45, 2.75) is 50.7 Å². The first-order valence-corrected chi connectivity index (χ1v) is 12.1. The van der Waals surface area contributed by atoms with Crippen LogP contribution in [-0.2, 0) is 4.74 Å². The Labute approximate surface area is 212 Å². The molecule has 1 saturated heterocycles. The Morgan fingerprint density at radius 1 is 1.19 bits per heavy atom. The number of amides is 2. The summed E-state index contributed by atoms with van der Waals surface area (Å²) in [5, 5.41) is 9.87. The van der Waals surface area contributed by atoms with Gasteiger partial charge in [0.1, 0.15) is 18.0 Å². The minimum absolute atomic E-state index is 0.0312. The van der Waals surface area contributed by atoms with Gasteiger partial charge in [0.05, 0.1) is 32.1 Å². The molecule has 1 aliphatic heterocycles. The molecule has 1 fully saturated rings. The van der Waals surface area contributed by atoms with Gasteiger partial charge in [0.25, 0.3) is 11.8 Å². The summed E-state index contributed by atoms with van der Waals surface area (Å²) in [5.74, 6) is -1.01. The lowest BCUT2D eigenvalue weighted by Crippen LogP contribution is -2.38. The molecule has 2 heterocycles. The van der Waals surface area contributed by atoms with Crippen molar-refractivity contribution in [2.75, 3.05) is 40.1 Å². The van der Waals surface area contributed by atoms with Crippen LogP contribution < -0.4 is 10.1 Å². The minimum Gasteiger partial charge on any atom is -0.491 e. The number of aromatic nitrogens is 3. The third-order valence-corrected chi connectivity index (χ3v) is 5.91. The largest absolute Gasteiger partial charge is 0.491 e. The van der Waals surface area contributed by atoms with Crippen LogP contribution in [0.4, 0.5) is 17.6 Å². The highest BCUT2D eigenvalue weighted by atomic mass is 19.4. The highest BCUT2D eigenvalue weighted by Crippen LogP contribution is 2.26. The summed E-state index contributed by atoms with van der Waals surface area (Å²) in [5.41, 5.74) is 0.445. The number of methoxy groups -OCH3 is 1. The van der Waals surface area contributed by atoms with Crippen LogP contribution in [0.5, 0.6) is 5.75 Å². The summed E-state index contributed by atoms with van der Waals surface area (Å²) < 4.78 is 62.2. The van der Waals surface area contributed by atoms with Crippen molar-refractivity contribution in [3.63, 3.8) is 0 Å². The Hall–Kier alpha value is -3.22. The fraction of sp³-hybridized carbons (Fsp3) is 0.583. The lowest BCUT2D eigenvalue weighted by atomic mass is 10.1. The van der Waals surface area contributed by atoms with Gasteiger partial charge in [-0.25, -0.2) is 4.68 Å². The molecule has 13 heteroatoms. The first kappa shape index (κ1) is 28.4. The molecule has 37 heavy (non-hydrogen) atoms. The van der Waals surface area contributed by atoms with Crippen LogP contribution in [0.2, 0.25) is 0 Å². The van der Waals surface area contributed by atoms with Gasteiger partial charge in [0.15, 0.2) is 5.69 Å². The van der Waals surface area contributed by atoms with Gasteiger partial charge < -0.3 is 19.7 Å². The Kier molecular flexibility index (Phi) is 10.2. The van der Waals surface area contributed by atoms with Crippen molar-refractivity contribution in [2.24, 2.45) is 0 Å². The number of nitrogens with zero attached hydrogens (tertiary/aromatic N) is 4. The van der Waals surface area contributed by atoms with Crippen molar-refractivity contribution in [3.05, 3.63) is 35.7 Å². The molecule has 0 saturated carbocycles. The smallest absolute Gasteiger partial charge is 0.405 e. The van der Waals surface area contributed by atoms with Crippen molar-refractivity contribution in [3.8, 4) is 11.4 Å². The number of hydrogen-bond donors (Lipinski definition) is 1. The highest BCUT2D eigenvalue weighted by Gasteiger charge is 2.31. The standard InChI is InChI=1S/C24H31F4N5O4/c1-36-15-18-7-6-11-32(18)23(35)19-14-33(31-30-19)20-9-8-17(22(34)29-16-24(26,27)28)13-21(20)37-12-5-3-2-4-10-25/h8-9,13-14,18H,2-7,10-12,15-16H2,1H3,(H,29,34)/t18-/m0/s1. The second-order valence-electron chi connectivity index (χ2n) is 8.73. The van der Waals surface area contributed by atoms with E-state index < -0.39 is 25.3 Å². The predicted octanol–water partition coefficient (Wildman–Crippen LogP) is 3.72. The quantitative estimate of drug-likeness (QED) is 0.314. The lowest BCUT2D eigenvalue weighted by Gasteiger charge is -2.22. The van der Waals surface area contributed by atoms with Gasteiger partial charge in [0.2, 0.25) is 0 Å². The van der Waals surface area contributed by atoms with Crippen molar-refractivity contribution >= 4 is 11.8 Å². The van der Waals surface area contributed by atoms with Crippen LogP contribution in [-0.4, -0.2) is 84.0 Å². The second-order valence-corrected chi connectivity index (χ2v) is 8.73. The van der Waals surface area contributed by atoms with Crippen LogP contribution >= 0.6 is 0 Å². The van der Waals surface area contributed by atoms with Gasteiger partial charge in [-0.1, -0.05) is 11.6 Å². The SMILES string of the molecule is COC[C@@H]1CCCN1C(=O)c1cn(-c2ccc(C(=O)NCC(F)(F)F)cc2OCCCCCCF)nn1. The molecule has 0 unspecified atom stereocenters. The molecule has 204 valence electrons. The number of nitrogens with one attached hydrogen (secondary N) is 1. The summed E-state index contributed by atoms with van der Waals surface area (Å²) in [7, 11) is 1.58. The van der Waals surface area contributed by atoms with Crippen LogP contribution in [0.25, 0.3) is 5.69 Å². The molecule has 1 N–H and O–H groups in total. The summed E-state index contributed by atoms with van der Waals surface area (Å²) >= 11 is 0. The normalized spacial score (nSPS) is 15.7. The fourth-order valence-corrected chi connectivity index (χ4v) is 4.07. The molecular formula is C24H31F4N5O4. The van der Waals surface area contributed by atoms with Crippen LogP contribution in [0.15, 0.2) is 24.4 Å². The van der Waals surface area contributed by atoms with Crippen LogP contribution in [0.3, 0.4) is 0 Å². The number of rotatable bonds is 13. The van der Waals surface area contributed by atoms with E-state index in [1.54, 1.807) is 12.0 Å². The molecule has 1 atom stereocenters. The maximum atomic E-state index is 13.0. The van der Waals surface area contributed by atoms with E-state index in [9.17, 15) is 27.2 Å². The summed E-state index contributed by atoms with van der Waals surface area (Å²) in [6.07, 6.45) is 1.07. The molecule has 0 radical (unpaired) electrons. The number of alkyl halides is 4. The number of ether oxygens (including phenoxy) is 2. The summed E-state index contributed by atoms with van der Waals surface area (Å²) in [6.45, 7) is -0.621. The molecule has 9 nitrogen and oxygen atoms in total. The third-order valence-electron chi connectivity index (χ3n) is 5.91. The van der Waals surface area contributed by atoms with E-state index in [-0.39, 0.29) is 35.6 Å². The number of carbonyl (C=O) groups is 2. The number of benzene rings is 1.